The van der Waals surface area contributed by atoms with E-state index in [4.69, 9.17) is 0 Å². The maximum atomic E-state index is 4.26. The van der Waals surface area contributed by atoms with E-state index < -0.39 is 0 Å². The zero-order valence-electron chi connectivity index (χ0n) is 11.6. The van der Waals surface area contributed by atoms with Crippen molar-refractivity contribution >= 4 is 0 Å². The van der Waals surface area contributed by atoms with Crippen LogP contribution in [0.5, 0.6) is 0 Å². The fourth-order valence-electron chi connectivity index (χ4n) is 1.93. The number of unbranched alkanes of at least 4 members (excludes halogenated alkanes) is 3. The summed E-state index contributed by atoms with van der Waals surface area (Å²) >= 11 is 0. The van der Waals surface area contributed by atoms with E-state index in [2.05, 4.69) is 36.1 Å². The van der Waals surface area contributed by atoms with E-state index >= 15 is 0 Å². The maximum absolute atomic E-state index is 4.26. The molecule has 3 nitrogen and oxygen atoms in total. The average Bonchev–Trinajstić information content (AvgIpc) is 2.68. The number of aromatic nitrogens is 2. The number of rotatable bonds is 9. The number of nitrogens with one attached hydrogen (secondary N) is 2. The summed E-state index contributed by atoms with van der Waals surface area (Å²) in [7, 11) is 0. The van der Waals surface area contributed by atoms with Crippen LogP contribution in [0.3, 0.4) is 0 Å². The number of hydrogen-bond donors (Lipinski definition) is 2. The second-order valence-electron chi connectivity index (χ2n) is 5.25. The van der Waals surface area contributed by atoms with Crippen LogP contribution in [-0.2, 0) is 6.54 Å². The van der Waals surface area contributed by atoms with Crippen molar-refractivity contribution in [2.45, 2.75) is 59.4 Å². The summed E-state index contributed by atoms with van der Waals surface area (Å²) in [5, 5.41) is 3.45. The zero-order chi connectivity index (χ0) is 12.5. The van der Waals surface area contributed by atoms with Crippen molar-refractivity contribution in [2.75, 3.05) is 6.54 Å². The number of imidazole rings is 1. The highest BCUT2D eigenvalue weighted by atomic mass is 14.9. The minimum absolute atomic E-state index is 0.857. The van der Waals surface area contributed by atoms with Crippen LogP contribution < -0.4 is 5.32 Å². The van der Waals surface area contributed by atoms with Crippen molar-refractivity contribution in [2.24, 2.45) is 5.92 Å². The lowest BCUT2D eigenvalue weighted by atomic mass is 10.0. The molecular formula is C14H27N3. The first-order chi connectivity index (χ1) is 8.20. The van der Waals surface area contributed by atoms with Gasteiger partial charge in [-0.3, -0.25) is 0 Å². The summed E-state index contributed by atoms with van der Waals surface area (Å²) < 4.78 is 0. The van der Waals surface area contributed by atoms with Crippen LogP contribution in [0.4, 0.5) is 0 Å². The van der Waals surface area contributed by atoms with E-state index in [-0.39, 0.29) is 0 Å². The third-order valence-corrected chi connectivity index (χ3v) is 3.11. The highest BCUT2D eigenvalue weighted by molar-refractivity contribution is 5.07. The topological polar surface area (TPSA) is 40.7 Å². The van der Waals surface area contributed by atoms with Crippen molar-refractivity contribution in [1.82, 2.24) is 15.3 Å². The molecule has 1 rings (SSSR count). The van der Waals surface area contributed by atoms with Gasteiger partial charge in [0, 0.05) is 12.2 Å². The Morgan fingerprint density at radius 1 is 1.24 bits per heavy atom. The van der Waals surface area contributed by atoms with Gasteiger partial charge < -0.3 is 10.3 Å². The van der Waals surface area contributed by atoms with E-state index in [0.29, 0.717) is 0 Å². The Morgan fingerprint density at radius 2 is 2.00 bits per heavy atom. The number of nitrogens with zero attached hydrogens (tertiary/aromatic N) is 1. The van der Waals surface area contributed by atoms with Gasteiger partial charge in [0.25, 0.3) is 0 Å². The molecule has 0 aromatic carbocycles. The van der Waals surface area contributed by atoms with Gasteiger partial charge in [0.05, 0.1) is 12.0 Å². The molecule has 1 heterocycles. The first-order valence-electron chi connectivity index (χ1n) is 6.89. The monoisotopic (exact) mass is 237 g/mol. The summed E-state index contributed by atoms with van der Waals surface area (Å²) in [6, 6.07) is 0. The van der Waals surface area contributed by atoms with Gasteiger partial charge in [0.15, 0.2) is 0 Å². The van der Waals surface area contributed by atoms with Crippen molar-refractivity contribution in [3.8, 4) is 0 Å². The Hall–Kier alpha value is -0.830. The molecule has 0 bridgehead atoms. The second-order valence-corrected chi connectivity index (χ2v) is 5.25. The van der Waals surface area contributed by atoms with E-state index in [9.17, 15) is 0 Å². The molecule has 0 atom stereocenters. The summed E-state index contributed by atoms with van der Waals surface area (Å²) in [5.74, 6) is 0.857. The van der Waals surface area contributed by atoms with E-state index in [1.165, 1.54) is 37.8 Å². The lowest BCUT2D eigenvalue weighted by molar-refractivity contribution is 0.511. The van der Waals surface area contributed by atoms with Gasteiger partial charge in [-0.2, -0.15) is 0 Å². The molecule has 98 valence electrons. The average molecular weight is 237 g/mol. The van der Waals surface area contributed by atoms with Gasteiger partial charge in [-0.1, -0.05) is 39.5 Å². The number of H-pyrrole nitrogens is 1. The SMILES string of the molecule is Cc1[nH]cnc1CNCCCCCCC(C)C. The lowest BCUT2D eigenvalue weighted by Gasteiger charge is -2.05. The number of aromatic amines is 1. The quantitative estimate of drug-likeness (QED) is 0.646. The predicted molar refractivity (Wildman–Crippen MR) is 73.0 cm³/mol. The standard InChI is InChI=1S/C14H27N3/c1-12(2)8-6-4-5-7-9-15-10-14-13(3)16-11-17-14/h11-12,15H,4-10H2,1-3H3,(H,16,17). The molecule has 0 fully saturated rings. The summed E-state index contributed by atoms with van der Waals surface area (Å²) in [6.07, 6.45) is 8.52. The summed E-state index contributed by atoms with van der Waals surface area (Å²) in [5.41, 5.74) is 2.32. The van der Waals surface area contributed by atoms with Crippen LogP contribution in [0.15, 0.2) is 6.33 Å². The zero-order valence-corrected chi connectivity index (χ0v) is 11.6. The minimum atomic E-state index is 0.857. The van der Waals surface area contributed by atoms with Crippen molar-refractivity contribution < 1.29 is 0 Å². The number of aryl methyl sites for hydroxylation is 1. The van der Waals surface area contributed by atoms with Gasteiger partial charge in [0.2, 0.25) is 0 Å². The number of hydrogen-bond acceptors (Lipinski definition) is 2. The Balaban J connectivity index is 1.90. The Kier molecular flexibility index (Phi) is 6.94. The molecule has 1 aromatic rings. The predicted octanol–water partition coefficient (Wildman–Crippen LogP) is 3.41. The Bertz CT molecular complexity index is 291. The van der Waals surface area contributed by atoms with Crippen LogP contribution >= 0.6 is 0 Å². The van der Waals surface area contributed by atoms with Crippen LogP contribution in [-0.4, -0.2) is 16.5 Å². The Morgan fingerprint density at radius 3 is 2.65 bits per heavy atom. The fourth-order valence-corrected chi connectivity index (χ4v) is 1.93. The van der Waals surface area contributed by atoms with E-state index in [1.807, 2.05) is 0 Å². The van der Waals surface area contributed by atoms with Crippen LogP contribution in [0.25, 0.3) is 0 Å². The molecule has 0 radical (unpaired) electrons. The molecular weight excluding hydrogens is 210 g/mol. The van der Waals surface area contributed by atoms with Gasteiger partial charge in [-0.25, -0.2) is 4.98 Å². The smallest absolute Gasteiger partial charge is 0.0925 e. The molecule has 0 aliphatic carbocycles. The van der Waals surface area contributed by atoms with Crippen molar-refractivity contribution in [1.29, 1.82) is 0 Å². The van der Waals surface area contributed by atoms with Crippen LogP contribution in [0.2, 0.25) is 0 Å². The Labute approximate surface area is 105 Å². The molecule has 0 amide bonds. The normalized spacial score (nSPS) is 11.3. The fraction of sp³-hybridized carbons (Fsp3) is 0.786. The van der Waals surface area contributed by atoms with Gasteiger partial charge >= 0.3 is 0 Å². The largest absolute Gasteiger partial charge is 0.348 e. The molecule has 0 aliphatic rings. The molecule has 0 unspecified atom stereocenters. The van der Waals surface area contributed by atoms with Crippen molar-refractivity contribution in [3.63, 3.8) is 0 Å². The summed E-state index contributed by atoms with van der Waals surface area (Å²) in [4.78, 5) is 7.36. The van der Waals surface area contributed by atoms with Gasteiger partial charge in [0.1, 0.15) is 0 Å². The highest BCUT2D eigenvalue weighted by Gasteiger charge is 1.99. The van der Waals surface area contributed by atoms with E-state index in [1.54, 1.807) is 6.33 Å². The summed E-state index contributed by atoms with van der Waals surface area (Å²) in [6.45, 7) is 8.66. The molecule has 1 aromatic heterocycles. The second kappa shape index (κ2) is 8.29. The maximum Gasteiger partial charge on any atom is 0.0925 e. The molecule has 2 N–H and O–H groups in total. The molecule has 0 saturated heterocycles. The van der Waals surface area contributed by atoms with E-state index in [0.717, 1.165) is 24.7 Å². The highest BCUT2D eigenvalue weighted by Crippen LogP contribution is 2.09. The molecule has 0 spiro atoms. The van der Waals surface area contributed by atoms with Gasteiger partial charge in [-0.05, 0) is 25.8 Å². The van der Waals surface area contributed by atoms with Crippen LogP contribution in [0.1, 0.15) is 57.3 Å². The lowest BCUT2D eigenvalue weighted by Crippen LogP contribution is -2.15. The first kappa shape index (κ1) is 14.2. The third kappa shape index (κ3) is 6.47. The first-order valence-corrected chi connectivity index (χ1v) is 6.89. The molecule has 0 saturated carbocycles. The molecule has 17 heavy (non-hydrogen) atoms. The molecule has 0 aliphatic heterocycles. The molecule has 3 heteroatoms. The van der Waals surface area contributed by atoms with Gasteiger partial charge in [-0.15, -0.1) is 0 Å². The third-order valence-electron chi connectivity index (χ3n) is 3.11. The van der Waals surface area contributed by atoms with Crippen molar-refractivity contribution in [3.05, 3.63) is 17.7 Å². The van der Waals surface area contributed by atoms with Crippen LogP contribution in [0, 0.1) is 12.8 Å². The minimum Gasteiger partial charge on any atom is -0.348 e.